The molecule has 1 saturated carbocycles. The third-order valence-corrected chi connectivity index (χ3v) is 4.42. The lowest BCUT2D eigenvalue weighted by Gasteiger charge is -2.34. The van der Waals surface area contributed by atoms with Crippen LogP contribution < -0.4 is 5.32 Å². The van der Waals surface area contributed by atoms with Gasteiger partial charge in [-0.05, 0) is 44.8 Å². The van der Waals surface area contributed by atoms with Crippen molar-refractivity contribution in [1.29, 1.82) is 0 Å². The summed E-state index contributed by atoms with van der Waals surface area (Å²) in [5.41, 5.74) is 0. The van der Waals surface area contributed by atoms with Crippen molar-refractivity contribution < 1.29 is 0 Å². The largest absolute Gasteiger partial charge is 0.313 e. The van der Waals surface area contributed by atoms with Crippen molar-refractivity contribution in [2.24, 2.45) is 5.92 Å². The van der Waals surface area contributed by atoms with Gasteiger partial charge in [-0.3, -0.25) is 0 Å². The van der Waals surface area contributed by atoms with E-state index in [0.29, 0.717) is 0 Å². The summed E-state index contributed by atoms with van der Waals surface area (Å²) in [5.74, 6) is 0.925. The Bertz CT molecular complexity index is 188. The molecule has 1 rings (SSSR count). The Labute approximate surface area is 115 Å². The van der Waals surface area contributed by atoms with E-state index in [9.17, 15) is 0 Å². The number of hydrogen-bond acceptors (Lipinski definition) is 2. The van der Waals surface area contributed by atoms with Gasteiger partial charge in [0.15, 0.2) is 0 Å². The predicted octanol–water partition coefficient (Wildman–Crippen LogP) is 3.67. The second-order valence-electron chi connectivity index (χ2n) is 5.81. The Morgan fingerprint density at radius 2 is 1.83 bits per heavy atom. The molecule has 0 heterocycles. The first kappa shape index (κ1) is 16.0. The van der Waals surface area contributed by atoms with Crippen molar-refractivity contribution in [2.45, 2.75) is 71.8 Å². The molecule has 1 N–H and O–H groups in total. The van der Waals surface area contributed by atoms with E-state index in [1.54, 1.807) is 0 Å². The van der Waals surface area contributed by atoms with Crippen LogP contribution in [0.15, 0.2) is 0 Å². The van der Waals surface area contributed by atoms with E-state index in [0.717, 1.165) is 18.5 Å². The maximum atomic E-state index is 3.75. The summed E-state index contributed by atoms with van der Waals surface area (Å²) in [6, 6.07) is 0.729. The van der Waals surface area contributed by atoms with Crippen LogP contribution in [0.3, 0.4) is 0 Å². The first-order chi connectivity index (χ1) is 8.81. The van der Waals surface area contributed by atoms with Gasteiger partial charge in [-0.2, -0.15) is 0 Å². The number of likely N-dealkylation sites (N-methyl/N-ethyl adjacent to an activating group) is 2. The molecular formula is C16H34N2. The smallest absolute Gasteiger partial charge is 0.0223 e. The lowest BCUT2D eigenvalue weighted by Crippen LogP contribution is -2.46. The van der Waals surface area contributed by atoms with E-state index in [4.69, 9.17) is 0 Å². The standard InChI is InChI=1S/C16H34N2/c1-4-7-13-18(6-3)14-16(17-5-2)15-11-9-8-10-12-15/h15-17H,4-14H2,1-3H3. The molecule has 0 bridgehead atoms. The number of nitrogens with one attached hydrogen (secondary N) is 1. The van der Waals surface area contributed by atoms with E-state index in [2.05, 4.69) is 31.0 Å². The quantitative estimate of drug-likeness (QED) is 0.675. The molecule has 0 amide bonds. The van der Waals surface area contributed by atoms with Gasteiger partial charge in [-0.25, -0.2) is 0 Å². The van der Waals surface area contributed by atoms with Crippen LogP contribution in [0.4, 0.5) is 0 Å². The van der Waals surface area contributed by atoms with Crippen molar-refractivity contribution in [1.82, 2.24) is 10.2 Å². The first-order valence-electron chi connectivity index (χ1n) is 8.27. The summed E-state index contributed by atoms with van der Waals surface area (Å²) in [4.78, 5) is 2.64. The summed E-state index contributed by atoms with van der Waals surface area (Å²) in [5, 5.41) is 3.75. The molecule has 0 saturated heterocycles. The van der Waals surface area contributed by atoms with E-state index in [-0.39, 0.29) is 0 Å². The maximum Gasteiger partial charge on any atom is 0.0223 e. The van der Waals surface area contributed by atoms with Gasteiger partial charge in [-0.15, -0.1) is 0 Å². The highest BCUT2D eigenvalue weighted by Gasteiger charge is 2.24. The minimum atomic E-state index is 0.729. The molecule has 0 spiro atoms. The highest BCUT2D eigenvalue weighted by molar-refractivity contribution is 4.81. The van der Waals surface area contributed by atoms with E-state index < -0.39 is 0 Å². The van der Waals surface area contributed by atoms with E-state index in [1.165, 1.54) is 64.6 Å². The third kappa shape index (κ3) is 5.71. The van der Waals surface area contributed by atoms with Gasteiger partial charge in [0.2, 0.25) is 0 Å². The average molecular weight is 254 g/mol. The molecule has 108 valence electrons. The Morgan fingerprint density at radius 3 is 2.39 bits per heavy atom. The Morgan fingerprint density at radius 1 is 1.11 bits per heavy atom. The Balaban J connectivity index is 2.43. The minimum Gasteiger partial charge on any atom is -0.313 e. The maximum absolute atomic E-state index is 3.75. The Hall–Kier alpha value is -0.0800. The second-order valence-corrected chi connectivity index (χ2v) is 5.81. The van der Waals surface area contributed by atoms with Gasteiger partial charge in [0.25, 0.3) is 0 Å². The van der Waals surface area contributed by atoms with Gasteiger partial charge in [0, 0.05) is 12.6 Å². The highest BCUT2D eigenvalue weighted by Crippen LogP contribution is 2.27. The number of unbranched alkanes of at least 4 members (excludes halogenated alkanes) is 1. The summed E-state index contributed by atoms with van der Waals surface area (Å²) < 4.78 is 0. The fourth-order valence-corrected chi connectivity index (χ4v) is 3.22. The fraction of sp³-hybridized carbons (Fsp3) is 1.00. The SMILES string of the molecule is CCCCN(CC)CC(NCC)C1CCCCC1. The molecule has 0 aromatic carbocycles. The van der Waals surface area contributed by atoms with Crippen molar-refractivity contribution in [3.63, 3.8) is 0 Å². The number of rotatable bonds is 9. The van der Waals surface area contributed by atoms with Gasteiger partial charge in [0.1, 0.15) is 0 Å². The molecule has 1 aliphatic rings. The van der Waals surface area contributed by atoms with Crippen LogP contribution >= 0.6 is 0 Å². The van der Waals surface area contributed by atoms with Crippen LogP contribution in [-0.4, -0.2) is 37.1 Å². The molecule has 0 radical (unpaired) electrons. The van der Waals surface area contributed by atoms with Crippen molar-refractivity contribution in [3.05, 3.63) is 0 Å². The molecule has 1 atom stereocenters. The van der Waals surface area contributed by atoms with Gasteiger partial charge < -0.3 is 10.2 Å². The first-order valence-corrected chi connectivity index (χ1v) is 8.27. The zero-order chi connectivity index (χ0) is 13.2. The summed E-state index contributed by atoms with van der Waals surface area (Å²) in [7, 11) is 0. The lowest BCUT2D eigenvalue weighted by atomic mass is 9.83. The number of nitrogens with zero attached hydrogens (tertiary/aromatic N) is 1. The van der Waals surface area contributed by atoms with Crippen LogP contribution in [0.25, 0.3) is 0 Å². The van der Waals surface area contributed by atoms with Crippen molar-refractivity contribution in [2.75, 3.05) is 26.2 Å². The van der Waals surface area contributed by atoms with Crippen molar-refractivity contribution in [3.8, 4) is 0 Å². The van der Waals surface area contributed by atoms with Crippen LogP contribution in [-0.2, 0) is 0 Å². The zero-order valence-corrected chi connectivity index (χ0v) is 12.9. The topological polar surface area (TPSA) is 15.3 Å². The average Bonchev–Trinajstić information content (AvgIpc) is 2.43. The molecular weight excluding hydrogens is 220 g/mol. The molecule has 0 aromatic rings. The van der Waals surface area contributed by atoms with Crippen LogP contribution in [0.5, 0.6) is 0 Å². The zero-order valence-electron chi connectivity index (χ0n) is 12.9. The summed E-state index contributed by atoms with van der Waals surface area (Å²) >= 11 is 0. The monoisotopic (exact) mass is 254 g/mol. The van der Waals surface area contributed by atoms with E-state index >= 15 is 0 Å². The molecule has 2 heteroatoms. The summed E-state index contributed by atoms with van der Waals surface area (Å²) in [6.45, 7) is 11.7. The van der Waals surface area contributed by atoms with Crippen LogP contribution in [0.1, 0.15) is 65.7 Å². The molecule has 1 aliphatic carbocycles. The van der Waals surface area contributed by atoms with Gasteiger partial charge in [0.05, 0.1) is 0 Å². The summed E-state index contributed by atoms with van der Waals surface area (Å²) in [6.07, 6.45) is 9.92. The molecule has 0 aromatic heterocycles. The molecule has 1 unspecified atom stereocenters. The second kappa shape index (κ2) is 9.80. The Kier molecular flexibility index (Phi) is 8.70. The van der Waals surface area contributed by atoms with Gasteiger partial charge >= 0.3 is 0 Å². The fourth-order valence-electron chi connectivity index (χ4n) is 3.22. The lowest BCUT2D eigenvalue weighted by molar-refractivity contribution is 0.188. The molecule has 18 heavy (non-hydrogen) atoms. The van der Waals surface area contributed by atoms with Gasteiger partial charge in [-0.1, -0.05) is 46.5 Å². The molecule has 2 nitrogen and oxygen atoms in total. The molecule has 0 aliphatic heterocycles. The van der Waals surface area contributed by atoms with Crippen LogP contribution in [0.2, 0.25) is 0 Å². The predicted molar refractivity (Wildman–Crippen MR) is 81.1 cm³/mol. The third-order valence-electron chi connectivity index (χ3n) is 4.42. The van der Waals surface area contributed by atoms with Crippen molar-refractivity contribution >= 4 is 0 Å². The minimum absolute atomic E-state index is 0.729. The van der Waals surface area contributed by atoms with E-state index in [1.807, 2.05) is 0 Å². The van der Waals surface area contributed by atoms with Crippen LogP contribution in [0, 0.1) is 5.92 Å². The normalized spacial score (nSPS) is 19.3. The highest BCUT2D eigenvalue weighted by atomic mass is 15.1. The number of hydrogen-bond donors (Lipinski definition) is 1. The molecule has 1 fully saturated rings.